The van der Waals surface area contributed by atoms with Gasteiger partial charge in [0, 0.05) is 5.56 Å². The summed E-state index contributed by atoms with van der Waals surface area (Å²) >= 11 is 5.72. The number of alkyl halides is 1. The Morgan fingerprint density at radius 1 is 1.28 bits per heavy atom. The molecule has 100 valence electrons. The van der Waals surface area contributed by atoms with E-state index >= 15 is 0 Å². The fourth-order valence-corrected chi connectivity index (χ4v) is 1.65. The summed E-state index contributed by atoms with van der Waals surface area (Å²) in [7, 11) is 3.18. The molecule has 0 unspecified atom stereocenters. The second kappa shape index (κ2) is 6.50. The van der Waals surface area contributed by atoms with E-state index in [1.54, 1.807) is 33.3 Å². The van der Waals surface area contributed by atoms with E-state index in [4.69, 9.17) is 21.1 Å². The summed E-state index contributed by atoms with van der Waals surface area (Å²) in [5.41, 5.74) is 0.850. The second-order valence-electron chi connectivity index (χ2n) is 3.95. The summed E-state index contributed by atoms with van der Waals surface area (Å²) in [5, 5.41) is 2.25. The maximum absolute atomic E-state index is 11.6. The number of rotatable bonds is 5. The molecule has 5 heteroatoms. The third kappa shape index (κ3) is 3.53. The van der Waals surface area contributed by atoms with Crippen LogP contribution in [0.5, 0.6) is 11.5 Å². The van der Waals surface area contributed by atoms with Crippen LogP contribution in [0.3, 0.4) is 0 Å². The Morgan fingerprint density at radius 2 is 1.94 bits per heavy atom. The third-order valence-electron chi connectivity index (χ3n) is 2.62. The van der Waals surface area contributed by atoms with Crippen LogP contribution in [0.2, 0.25) is 0 Å². The molecule has 0 bridgehead atoms. The highest BCUT2D eigenvalue weighted by atomic mass is 35.5. The topological polar surface area (TPSA) is 47.6 Å². The van der Waals surface area contributed by atoms with Gasteiger partial charge in [-0.25, -0.2) is 0 Å². The van der Waals surface area contributed by atoms with Gasteiger partial charge in [-0.1, -0.05) is 0 Å². The number of carbonyl (C=O) groups is 1. The lowest BCUT2D eigenvalue weighted by molar-refractivity contribution is -0.121. The van der Waals surface area contributed by atoms with Crippen LogP contribution in [0.15, 0.2) is 18.2 Å². The van der Waals surface area contributed by atoms with Crippen molar-refractivity contribution in [2.45, 2.75) is 25.3 Å². The molecule has 1 aromatic rings. The molecule has 1 N–H and O–H groups in total. The van der Waals surface area contributed by atoms with Crippen molar-refractivity contribution in [2.24, 2.45) is 0 Å². The number of nitrogens with one attached hydrogen (secondary N) is 1. The number of hydrogen-bond donors (Lipinski definition) is 1. The zero-order valence-electron chi connectivity index (χ0n) is 11.0. The van der Waals surface area contributed by atoms with Crippen molar-refractivity contribution in [3.63, 3.8) is 0 Å². The Hall–Kier alpha value is -1.42. The first-order chi connectivity index (χ1) is 8.49. The SMILES string of the molecule is COc1ccc(OC)c([C@@H](C)NC(=O)[C@@H](C)Cl)c1. The molecule has 0 fully saturated rings. The molecule has 1 aromatic carbocycles. The minimum Gasteiger partial charge on any atom is -0.497 e. The molecule has 1 amide bonds. The van der Waals surface area contributed by atoms with Crippen LogP contribution in [-0.4, -0.2) is 25.5 Å². The van der Waals surface area contributed by atoms with Gasteiger partial charge < -0.3 is 14.8 Å². The molecule has 0 radical (unpaired) electrons. The highest BCUT2D eigenvalue weighted by molar-refractivity contribution is 6.30. The van der Waals surface area contributed by atoms with Crippen molar-refractivity contribution in [1.82, 2.24) is 5.32 Å². The Labute approximate surface area is 112 Å². The first-order valence-electron chi connectivity index (χ1n) is 5.66. The van der Waals surface area contributed by atoms with E-state index in [9.17, 15) is 4.79 Å². The van der Waals surface area contributed by atoms with Gasteiger partial charge >= 0.3 is 0 Å². The van der Waals surface area contributed by atoms with E-state index in [0.717, 1.165) is 5.56 Å². The minimum absolute atomic E-state index is 0.205. The predicted molar refractivity (Wildman–Crippen MR) is 71.4 cm³/mol. The van der Waals surface area contributed by atoms with Gasteiger partial charge in [-0.05, 0) is 32.0 Å². The summed E-state index contributed by atoms with van der Waals surface area (Å²) in [6.07, 6.45) is 0. The van der Waals surface area contributed by atoms with Gasteiger partial charge in [-0.2, -0.15) is 0 Å². The van der Waals surface area contributed by atoms with E-state index in [0.29, 0.717) is 11.5 Å². The minimum atomic E-state index is -0.566. The smallest absolute Gasteiger partial charge is 0.238 e. The Kier molecular flexibility index (Phi) is 5.28. The van der Waals surface area contributed by atoms with Crippen LogP contribution in [0.1, 0.15) is 25.5 Å². The van der Waals surface area contributed by atoms with E-state index < -0.39 is 5.38 Å². The largest absolute Gasteiger partial charge is 0.497 e. The quantitative estimate of drug-likeness (QED) is 0.837. The van der Waals surface area contributed by atoms with Gasteiger partial charge in [0.05, 0.1) is 20.3 Å². The van der Waals surface area contributed by atoms with Crippen molar-refractivity contribution < 1.29 is 14.3 Å². The number of ether oxygens (including phenoxy) is 2. The molecule has 0 aliphatic heterocycles. The second-order valence-corrected chi connectivity index (χ2v) is 4.61. The van der Waals surface area contributed by atoms with Crippen molar-refractivity contribution in [3.8, 4) is 11.5 Å². The number of carbonyl (C=O) groups excluding carboxylic acids is 1. The summed E-state index contributed by atoms with van der Waals surface area (Å²) < 4.78 is 10.4. The molecule has 0 aliphatic carbocycles. The summed E-state index contributed by atoms with van der Waals surface area (Å²) in [6, 6.07) is 5.24. The molecule has 0 saturated heterocycles. The third-order valence-corrected chi connectivity index (χ3v) is 2.82. The van der Waals surface area contributed by atoms with Crippen LogP contribution in [0.4, 0.5) is 0 Å². The summed E-state index contributed by atoms with van der Waals surface area (Å²) in [6.45, 7) is 3.50. The molecule has 0 heterocycles. The van der Waals surface area contributed by atoms with E-state index in [-0.39, 0.29) is 11.9 Å². The van der Waals surface area contributed by atoms with Crippen LogP contribution < -0.4 is 14.8 Å². The maximum Gasteiger partial charge on any atom is 0.238 e. The molecule has 0 spiro atoms. The lowest BCUT2D eigenvalue weighted by atomic mass is 10.1. The molecular formula is C13H18ClNO3. The zero-order chi connectivity index (χ0) is 13.7. The number of hydrogen-bond acceptors (Lipinski definition) is 3. The highest BCUT2D eigenvalue weighted by Gasteiger charge is 2.17. The standard InChI is InChI=1S/C13H18ClNO3/c1-8(14)13(16)15-9(2)11-7-10(17-3)5-6-12(11)18-4/h5-9H,1-4H3,(H,15,16)/t8-,9-/m1/s1. The zero-order valence-corrected chi connectivity index (χ0v) is 11.7. The lowest BCUT2D eigenvalue weighted by Gasteiger charge is -2.18. The molecule has 0 saturated carbocycles. The number of halogens is 1. The number of methoxy groups -OCH3 is 2. The normalized spacial score (nSPS) is 13.6. The first-order valence-corrected chi connectivity index (χ1v) is 6.09. The summed E-state index contributed by atoms with van der Waals surface area (Å²) in [4.78, 5) is 11.6. The predicted octanol–water partition coefficient (Wildman–Crippen LogP) is 2.51. The fourth-order valence-electron chi connectivity index (χ4n) is 1.58. The average Bonchev–Trinajstić information content (AvgIpc) is 2.37. The summed E-state index contributed by atoms with van der Waals surface area (Å²) in [5.74, 6) is 1.20. The van der Waals surface area contributed by atoms with Gasteiger partial charge in [0.2, 0.25) is 5.91 Å². The van der Waals surface area contributed by atoms with Gasteiger partial charge in [0.15, 0.2) is 0 Å². The van der Waals surface area contributed by atoms with Gasteiger partial charge in [0.25, 0.3) is 0 Å². The highest BCUT2D eigenvalue weighted by Crippen LogP contribution is 2.29. The molecule has 0 aromatic heterocycles. The van der Waals surface area contributed by atoms with Gasteiger partial charge in [-0.3, -0.25) is 4.79 Å². The molecule has 2 atom stereocenters. The van der Waals surface area contributed by atoms with Crippen molar-refractivity contribution in [3.05, 3.63) is 23.8 Å². The Bertz CT molecular complexity index is 421. The van der Waals surface area contributed by atoms with Crippen LogP contribution in [-0.2, 0) is 4.79 Å². The van der Waals surface area contributed by atoms with Gasteiger partial charge in [0.1, 0.15) is 16.9 Å². The van der Waals surface area contributed by atoms with Gasteiger partial charge in [-0.15, -0.1) is 11.6 Å². The first kappa shape index (κ1) is 14.6. The lowest BCUT2D eigenvalue weighted by Crippen LogP contribution is -2.32. The fraction of sp³-hybridized carbons (Fsp3) is 0.462. The van der Waals surface area contributed by atoms with Crippen LogP contribution >= 0.6 is 11.6 Å². The van der Waals surface area contributed by atoms with Crippen LogP contribution in [0, 0.1) is 0 Å². The van der Waals surface area contributed by atoms with Crippen molar-refractivity contribution in [2.75, 3.05) is 14.2 Å². The Balaban J connectivity index is 2.95. The average molecular weight is 272 g/mol. The number of amides is 1. The van der Waals surface area contributed by atoms with E-state index in [2.05, 4.69) is 5.32 Å². The van der Waals surface area contributed by atoms with E-state index in [1.165, 1.54) is 0 Å². The Morgan fingerprint density at radius 3 is 2.44 bits per heavy atom. The van der Waals surface area contributed by atoms with Crippen molar-refractivity contribution in [1.29, 1.82) is 0 Å². The molecule has 1 rings (SSSR count). The van der Waals surface area contributed by atoms with E-state index in [1.807, 2.05) is 13.0 Å². The monoisotopic (exact) mass is 271 g/mol. The van der Waals surface area contributed by atoms with Crippen molar-refractivity contribution >= 4 is 17.5 Å². The maximum atomic E-state index is 11.6. The molecular weight excluding hydrogens is 254 g/mol. The molecule has 0 aliphatic rings. The van der Waals surface area contributed by atoms with Crippen LogP contribution in [0.25, 0.3) is 0 Å². The number of benzene rings is 1. The molecule has 18 heavy (non-hydrogen) atoms. The molecule has 4 nitrogen and oxygen atoms in total.